The van der Waals surface area contributed by atoms with Crippen molar-refractivity contribution in [2.24, 2.45) is 5.92 Å². The lowest BCUT2D eigenvalue weighted by Gasteiger charge is -2.01. The Kier molecular flexibility index (Phi) is 3.37. The van der Waals surface area contributed by atoms with Crippen LogP contribution in [0.4, 0.5) is 0 Å². The van der Waals surface area contributed by atoms with E-state index >= 15 is 0 Å². The zero-order valence-electron chi connectivity index (χ0n) is 5.99. The first-order chi connectivity index (χ1) is 5.24. The van der Waals surface area contributed by atoms with Crippen LogP contribution in [-0.2, 0) is 16.6 Å². The lowest BCUT2D eigenvalue weighted by molar-refractivity contribution is -0.139. The molecule has 0 amide bonds. The molecule has 2 unspecified atom stereocenters. The number of nitrogens with one attached hydrogen (secondary N) is 1. The Morgan fingerprint density at radius 1 is 1.82 bits per heavy atom. The zero-order valence-corrected chi connectivity index (χ0v) is 7.70. The number of carbonyl (C=O) groups is 1. The van der Waals surface area contributed by atoms with Crippen molar-refractivity contribution in [1.82, 2.24) is 5.32 Å². The molecule has 1 aliphatic heterocycles. The molecule has 0 aromatic heterocycles. The molecule has 0 spiro atoms. The highest BCUT2D eigenvalue weighted by molar-refractivity contribution is 7.96. The first-order valence-electron chi connectivity index (χ1n) is 3.49. The lowest BCUT2D eigenvalue weighted by atomic mass is 10.1. The number of carboxylic acid groups (broad SMARTS) is 1. The predicted octanol–water partition coefficient (Wildman–Crippen LogP) is 0.457. The molecule has 3 nitrogen and oxygen atoms in total. The van der Waals surface area contributed by atoms with Gasteiger partial charge in [-0.1, -0.05) is 11.8 Å². The molecular weight excluding hydrogens is 181 g/mol. The van der Waals surface area contributed by atoms with Crippen molar-refractivity contribution in [2.75, 3.05) is 12.7 Å². The maximum absolute atomic E-state index is 10.5. The summed E-state index contributed by atoms with van der Waals surface area (Å²) in [6, 6.07) is -0.336. The van der Waals surface area contributed by atoms with Crippen LogP contribution in [0.5, 0.6) is 0 Å². The molecule has 2 atom stereocenters. The largest absolute Gasteiger partial charge is 0.480 e. The molecule has 11 heavy (non-hydrogen) atoms. The molecule has 1 aliphatic rings. The van der Waals surface area contributed by atoms with Gasteiger partial charge >= 0.3 is 5.97 Å². The Bertz CT molecular complexity index is 176. The standard InChI is InChI=1S/C6H10NO2PS/c8-6(9)5-1-4(2-7-5)3-10-11/h4-5,7H,1-3H2,(H,8,9). The maximum Gasteiger partial charge on any atom is 0.320 e. The monoisotopic (exact) mass is 191 g/mol. The maximum atomic E-state index is 10.5. The smallest absolute Gasteiger partial charge is 0.320 e. The van der Waals surface area contributed by atoms with E-state index in [0.717, 1.165) is 26.5 Å². The van der Waals surface area contributed by atoms with Crippen LogP contribution in [0.2, 0.25) is 0 Å². The van der Waals surface area contributed by atoms with E-state index in [9.17, 15) is 4.79 Å². The van der Waals surface area contributed by atoms with Crippen molar-refractivity contribution in [2.45, 2.75) is 12.5 Å². The van der Waals surface area contributed by atoms with Gasteiger partial charge in [0.2, 0.25) is 0 Å². The molecule has 0 bridgehead atoms. The van der Waals surface area contributed by atoms with E-state index in [1.54, 1.807) is 0 Å². The minimum absolute atomic E-state index is 0.336. The van der Waals surface area contributed by atoms with E-state index in [2.05, 4.69) is 5.32 Å². The van der Waals surface area contributed by atoms with E-state index in [1.807, 2.05) is 0 Å². The van der Waals surface area contributed by atoms with Gasteiger partial charge < -0.3 is 10.4 Å². The first kappa shape index (κ1) is 9.04. The Morgan fingerprint density at radius 2 is 2.55 bits per heavy atom. The van der Waals surface area contributed by atoms with E-state index in [1.165, 1.54) is 0 Å². The summed E-state index contributed by atoms with van der Waals surface area (Å²) in [6.45, 7) is 0.806. The van der Waals surface area contributed by atoms with Crippen molar-refractivity contribution in [3.8, 4) is 0 Å². The molecule has 1 heterocycles. The molecule has 0 saturated carbocycles. The van der Waals surface area contributed by atoms with Gasteiger partial charge in [-0.3, -0.25) is 4.79 Å². The molecule has 5 heteroatoms. The third-order valence-electron chi connectivity index (χ3n) is 1.85. The van der Waals surface area contributed by atoms with Crippen molar-refractivity contribution >= 4 is 25.1 Å². The molecule has 62 valence electrons. The van der Waals surface area contributed by atoms with Gasteiger partial charge in [0, 0.05) is 6.16 Å². The van der Waals surface area contributed by atoms with E-state index in [-0.39, 0.29) is 6.04 Å². The number of hydrogen-bond donors (Lipinski definition) is 2. The molecule has 0 aromatic rings. The lowest BCUT2D eigenvalue weighted by Crippen LogP contribution is -2.29. The molecule has 0 aromatic carbocycles. The number of aliphatic carboxylic acids is 1. The van der Waals surface area contributed by atoms with Gasteiger partial charge in [-0.2, -0.15) is 0 Å². The van der Waals surface area contributed by atoms with Gasteiger partial charge in [0.1, 0.15) is 6.04 Å². The van der Waals surface area contributed by atoms with Crippen LogP contribution >= 0.6 is 7.36 Å². The normalized spacial score (nSPS) is 30.9. The SMILES string of the molecule is O=C(O)C1CC(CP=S)CN1. The topological polar surface area (TPSA) is 49.3 Å². The number of hydrogen-bond acceptors (Lipinski definition) is 3. The van der Waals surface area contributed by atoms with Gasteiger partial charge in [-0.15, -0.1) is 0 Å². The highest BCUT2D eigenvalue weighted by Gasteiger charge is 2.28. The molecule has 1 fully saturated rings. The highest BCUT2D eigenvalue weighted by Crippen LogP contribution is 2.17. The molecule has 1 saturated heterocycles. The quantitative estimate of drug-likeness (QED) is 0.636. The second kappa shape index (κ2) is 4.10. The molecular formula is C6H10NO2PS. The first-order valence-corrected chi connectivity index (χ1v) is 5.58. The Morgan fingerprint density at radius 3 is 3.00 bits per heavy atom. The molecule has 0 radical (unpaired) electrons. The Hall–Kier alpha value is -0.0500. The van der Waals surface area contributed by atoms with Gasteiger partial charge in [-0.25, -0.2) is 0 Å². The van der Waals surface area contributed by atoms with Gasteiger partial charge in [0.25, 0.3) is 0 Å². The van der Waals surface area contributed by atoms with Crippen molar-refractivity contribution < 1.29 is 9.90 Å². The summed E-state index contributed by atoms with van der Waals surface area (Å²) >= 11 is 4.79. The second-order valence-corrected chi connectivity index (χ2v) is 4.11. The fourth-order valence-corrected chi connectivity index (χ4v) is 2.36. The second-order valence-electron chi connectivity index (χ2n) is 2.71. The fourth-order valence-electron chi connectivity index (χ4n) is 1.24. The summed E-state index contributed by atoms with van der Waals surface area (Å²) in [5.74, 6) is -0.274. The van der Waals surface area contributed by atoms with Crippen molar-refractivity contribution in [3.63, 3.8) is 0 Å². The summed E-state index contributed by atoms with van der Waals surface area (Å²) in [7, 11) is 0.944. The molecule has 2 N–H and O–H groups in total. The Labute approximate surface area is 72.0 Å². The third-order valence-corrected chi connectivity index (χ3v) is 2.97. The number of rotatable bonds is 3. The summed E-state index contributed by atoms with van der Waals surface area (Å²) in [4.78, 5) is 10.5. The number of carboxylic acids is 1. The van der Waals surface area contributed by atoms with Crippen LogP contribution in [0.15, 0.2) is 0 Å². The summed E-state index contributed by atoms with van der Waals surface area (Å²) in [5.41, 5.74) is 0. The van der Waals surface area contributed by atoms with Crippen LogP contribution in [0.1, 0.15) is 6.42 Å². The van der Waals surface area contributed by atoms with Gasteiger partial charge in [0.15, 0.2) is 0 Å². The minimum Gasteiger partial charge on any atom is -0.480 e. The average Bonchev–Trinajstić information content (AvgIpc) is 2.37. The minimum atomic E-state index is -0.742. The Balaban J connectivity index is 2.34. The van der Waals surface area contributed by atoms with Crippen LogP contribution in [-0.4, -0.2) is 29.8 Å². The van der Waals surface area contributed by atoms with Crippen molar-refractivity contribution in [1.29, 1.82) is 0 Å². The van der Waals surface area contributed by atoms with Gasteiger partial charge in [0.05, 0.1) is 0 Å². The van der Waals surface area contributed by atoms with Crippen LogP contribution < -0.4 is 5.32 Å². The third kappa shape index (κ3) is 2.47. The summed E-state index contributed by atoms with van der Waals surface area (Å²) < 4.78 is 0. The van der Waals surface area contributed by atoms with E-state index in [0.29, 0.717) is 5.92 Å². The predicted molar refractivity (Wildman–Crippen MR) is 46.7 cm³/mol. The molecule has 0 aliphatic carbocycles. The summed E-state index contributed by atoms with van der Waals surface area (Å²) in [6.07, 6.45) is 1.67. The summed E-state index contributed by atoms with van der Waals surface area (Å²) in [5, 5.41) is 11.5. The van der Waals surface area contributed by atoms with E-state index < -0.39 is 5.97 Å². The van der Waals surface area contributed by atoms with Crippen molar-refractivity contribution in [3.05, 3.63) is 0 Å². The van der Waals surface area contributed by atoms with Crippen LogP contribution in [0, 0.1) is 5.92 Å². The van der Waals surface area contributed by atoms with E-state index in [4.69, 9.17) is 16.9 Å². The van der Waals surface area contributed by atoms with Crippen LogP contribution in [0.25, 0.3) is 0 Å². The average molecular weight is 191 g/mol. The fraction of sp³-hybridized carbons (Fsp3) is 0.833. The molecule has 1 rings (SSSR count). The van der Waals surface area contributed by atoms with Gasteiger partial charge in [-0.05, 0) is 26.2 Å². The van der Waals surface area contributed by atoms with Crippen LogP contribution in [0.3, 0.4) is 0 Å². The zero-order chi connectivity index (χ0) is 8.27. The highest BCUT2D eigenvalue weighted by atomic mass is 32.4.